The number of esters is 2. The van der Waals surface area contributed by atoms with Gasteiger partial charge in [-0.25, -0.2) is 13.2 Å². The van der Waals surface area contributed by atoms with Crippen LogP contribution in [-0.2, 0) is 38.1 Å². The summed E-state index contributed by atoms with van der Waals surface area (Å²) in [6.45, 7) is 11.9. The van der Waals surface area contributed by atoms with Gasteiger partial charge in [-0.2, -0.15) is 8.78 Å². The molecule has 8 atom stereocenters. The lowest BCUT2D eigenvalue weighted by atomic mass is 9.84. The number of hydrogen-bond acceptors (Lipinski definition) is 9. The predicted octanol–water partition coefficient (Wildman–Crippen LogP) is 6.68. The quantitative estimate of drug-likeness (QED) is 0.0322. The van der Waals surface area contributed by atoms with E-state index in [4.69, 9.17) is 18.9 Å². The van der Waals surface area contributed by atoms with E-state index in [0.717, 1.165) is 12.0 Å². The Bertz CT molecular complexity index is 1660. The van der Waals surface area contributed by atoms with Crippen molar-refractivity contribution in [3.05, 3.63) is 65.0 Å². The highest BCUT2D eigenvalue weighted by atomic mass is 19.2. The van der Waals surface area contributed by atoms with E-state index in [1.807, 2.05) is 26.0 Å². The Morgan fingerprint density at radius 3 is 2.20 bits per heavy atom. The highest BCUT2D eigenvalue weighted by Crippen LogP contribution is 2.43. The average molecular weight is 770 g/mol. The van der Waals surface area contributed by atoms with Crippen LogP contribution in [0.4, 0.5) is 22.0 Å². The Morgan fingerprint density at radius 1 is 0.963 bits per heavy atom. The molecule has 3 aliphatic rings. The van der Waals surface area contributed by atoms with Crippen LogP contribution in [0.3, 0.4) is 0 Å². The van der Waals surface area contributed by atoms with Crippen LogP contribution in [0.25, 0.3) is 0 Å². The van der Waals surface area contributed by atoms with Gasteiger partial charge < -0.3 is 29.0 Å². The molecule has 3 heterocycles. The molecule has 0 bridgehead atoms. The Balaban J connectivity index is 1.28. The summed E-state index contributed by atoms with van der Waals surface area (Å²) < 4.78 is 96.5. The summed E-state index contributed by atoms with van der Waals surface area (Å²) in [6, 6.07) is -0.185. The zero-order chi connectivity index (χ0) is 40.1. The number of nitrogens with one attached hydrogen (secondary N) is 1. The Kier molecular flexibility index (Phi) is 14.0. The van der Waals surface area contributed by atoms with E-state index in [1.165, 1.54) is 32.9 Å². The van der Waals surface area contributed by atoms with Crippen molar-refractivity contribution in [3.63, 3.8) is 0 Å². The number of halogens is 5. The maximum atomic E-state index is 14.1. The summed E-state index contributed by atoms with van der Waals surface area (Å²) in [4.78, 5) is 49.3. The molecule has 1 aromatic rings. The second-order valence-electron chi connectivity index (χ2n) is 15.2. The van der Waals surface area contributed by atoms with Gasteiger partial charge in [-0.3, -0.25) is 19.2 Å². The first-order valence-corrected chi connectivity index (χ1v) is 17.9. The molecule has 3 aliphatic heterocycles. The van der Waals surface area contributed by atoms with Gasteiger partial charge in [0.05, 0.1) is 48.1 Å². The fourth-order valence-corrected chi connectivity index (χ4v) is 6.67. The second-order valence-corrected chi connectivity index (χ2v) is 15.2. The van der Waals surface area contributed by atoms with Gasteiger partial charge in [-0.15, -0.1) is 0 Å². The molecule has 0 unspecified atom stereocenters. The first kappa shape index (κ1) is 42.8. The Hall–Kier alpha value is -3.95. The van der Waals surface area contributed by atoms with Crippen molar-refractivity contribution < 1.29 is 64.8 Å². The van der Waals surface area contributed by atoms with Crippen LogP contribution in [0.2, 0.25) is 0 Å². The molecule has 1 aromatic carbocycles. The van der Waals surface area contributed by atoms with Crippen LogP contribution in [0.15, 0.2) is 36.0 Å². The summed E-state index contributed by atoms with van der Waals surface area (Å²) in [7, 11) is 0. The number of rotatable bonds is 14. The Morgan fingerprint density at radius 2 is 1.59 bits per heavy atom. The molecule has 4 rings (SSSR count). The van der Waals surface area contributed by atoms with Gasteiger partial charge in [0.25, 0.3) is 0 Å². The molecule has 0 radical (unpaired) electrons. The van der Waals surface area contributed by atoms with E-state index in [2.05, 4.69) is 23.1 Å². The number of hydrogen-bond donors (Lipinski definition) is 1. The van der Waals surface area contributed by atoms with E-state index in [1.54, 1.807) is 6.92 Å². The van der Waals surface area contributed by atoms with Gasteiger partial charge in [0.15, 0.2) is 0 Å². The summed E-state index contributed by atoms with van der Waals surface area (Å²) >= 11 is 0. The highest BCUT2D eigenvalue weighted by molar-refractivity contribution is 5.88. The van der Waals surface area contributed by atoms with Crippen molar-refractivity contribution in [1.29, 1.82) is 0 Å². The lowest BCUT2D eigenvalue weighted by Gasteiger charge is -2.39. The third kappa shape index (κ3) is 11.3. The molecule has 3 saturated heterocycles. The third-order valence-electron chi connectivity index (χ3n) is 9.76. The number of ketones is 1. The second kappa shape index (κ2) is 17.7. The van der Waals surface area contributed by atoms with Crippen LogP contribution in [0.1, 0.15) is 87.0 Å². The third-order valence-corrected chi connectivity index (χ3v) is 9.76. The van der Waals surface area contributed by atoms with E-state index in [0.29, 0.717) is 25.9 Å². The van der Waals surface area contributed by atoms with Crippen molar-refractivity contribution in [2.45, 2.75) is 129 Å². The van der Waals surface area contributed by atoms with Gasteiger partial charge in [0.1, 0.15) is 11.9 Å². The monoisotopic (exact) mass is 769 g/mol. The number of allylic oxidation sites excluding steroid dienone is 2. The van der Waals surface area contributed by atoms with Gasteiger partial charge in [-0.1, -0.05) is 30.7 Å². The fourth-order valence-electron chi connectivity index (χ4n) is 6.67. The van der Waals surface area contributed by atoms with Crippen molar-refractivity contribution in [2.24, 2.45) is 11.3 Å². The molecule has 0 aromatic heterocycles. The predicted molar refractivity (Wildman–Crippen MR) is 184 cm³/mol. The van der Waals surface area contributed by atoms with Gasteiger partial charge >= 0.3 is 11.9 Å². The molecular weight excluding hydrogens is 721 g/mol. The molecule has 0 aliphatic carbocycles. The van der Waals surface area contributed by atoms with Gasteiger partial charge in [0, 0.05) is 38.7 Å². The maximum Gasteiger partial charge on any atom is 0.317 e. The molecule has 1 spiro atoms. The first-order chi connectivity index (χ1) is 25.2. The van der Waals surface area contributed by atoms with Crippen LogP contribution in [0, 0.1) is 40.4 Å². The molecule has 298 valence electrons. The minimum absolute atomic E-state index is 0.0712. The number of Topliss-reactive ketones (excluding diaryl/α,β-unsaturated/α-hetero) is 1. The lowest BCUT2D eigenvalue weighted by molar-refractivity contribution is -0.148. The number of benzene rings is 1. The largest absolute Gasteiger partial charge is 0.459 e. The van der Waals surface area contributed by atoms with Crippen molar-refractivity contribution >= 4 is 23.6 Å². The van der Waals surface area contributed by atoms with E-state index >= 15 is 0 Å². The van der Waals surface area contributed by atoms with Crippen LogP contribution in [-0.4, -0.2) is 72.4 Å². The van der Waals surface area contributed by atoms with Crippen molar-refractivity contribution in [2.75, 3.05) is 6.61 Å². The smallest absolute Gasteiger partial charge is 0.317 e. The van der Waals surface area contributed by atoms with Crippen molar-refractivity contribution in [1.82, 2.24) is 5.32 Å². The molecule has 1 amide bonds. The Labute approximate surface area is 311 Å². The number of ether oxygens (including phenoxy) is 5. The highest BCUT2D eigenvalue weighted by Gasteiger charge is 2.51. The van der Waals surface area contributed by atoms with Crippen molar-refractivity contribution in [3.8, 4) is 5.75 Å². The summed E-state index contributed by atoms with van der Waals surface area (Å²) in [6.07, 6.45) is 8.80. The zero-order valence-electron chi connectivity index (χ0n) is 31.4. The molecular formula is C39H48F5NO9. The summed E-state index contributed by atoms with van der Waals surface area (Å²) in [5.74, 6) is -15.6. The SMILES string of the molecule is CC(=O)O[C@@H](C)/C=C\C(=O)N[C@@H]1C[C@H](C)[C@H](C/C=C(C)/C=C/[C@@H]2C[C@]3(CO3)C[C@@H](CC(=O)CC(C)(C)C(=O)Oc3c(F)c(F)c(F)c(F)c3F)O2)O[C@@H]1C. The van der Waals surface area contributed by atoms with Gasteiger partial charge in [0.2, 0.25) is 40.7 Å². The fraction of sp³-hybridized carbons (Fsp3) is 0.590. The number of amides is 1. The first-order valence-electron chi connectivity index (χ1n) is 17.9. The molecule has 10 nitrogen and oxygen atoms in total. The lowest BCUT2D eigenvalue weighted by Crippen LogP contribution is -2.50. The van der Waals surface area contributed by atoms with E-state index < -0.39 is 82.2 Å². The number of carbonyl (C=O) groups excluding carboxylic acids is 4. The summed E-state index contributed by atoms with van der Waals surface area (Å²) in [5, 5.41) is 2.97. The maximum absolute atomic E-state index is 14.1. The molecule has 3 fully saturated rings. The molecule has 1 N–H and O–H groups in total. The normalized spacial score (nSPS) is 28.0. The van der Waals surface area contributed by atoms with Gasteiger partial charge in [-0.05, 0) is 59.5 Å². The summed E-state index contributed by atoms with van der Waals surface area (Å²) in [5.41, 5.74) is -1.15. The number of carbonyl (C=O) groups is 4. The van der Waals surface area contributed by atoms with E-state index in [-0.39, 0.29) is 42.6 Å². The average Bonchev–Trinajstić information content (AvgIpc) is 3.83. The molecule has 54 heavy (non-hydrogen) atoms. The zero-order valence-corrected chi connectivity index (χ0v) is 31.4. The topological polar surface area (TPSA) is 130 Å². The van der Waals surface area contributed by atoms with Crippen LogP contribution >= 0.6 is 0 Å². The minimum Gasteiger partial charge on any atom is -0.459 e. The van der Waals surface area contributed by atoms with E-state index in [9.17, 15) is 41.1 Å². The van der Waals surface area contributed by atoms with Crippen LogP contribution in [0.5, 0.6) is 5.75 Å². The number of epoxide rings is 1. The minimum atomic E-state index is -2.39. The standard InChI is InChI=1S/C39H48F5NO9/c1-20(9-12-29-21(2)14-28(23(4)52-29)45-30(48)13-10-22(3)51-24(5)46)8-11-26-17-39(19-50-39)18-27(53-26)15-25(47)16-38(6,7)37(49)54-36-34(43)32(41)31(40)33(42)35(36)44/h8-11,13,21-23,26-29H,12,14-19H2,1-7H3,(H,45,48)/b11-8+,13-10-,20-9+/t21-,22-,23+,26+,27+,28+,29-,39+/m0/s1. The van der Waals surface area contributed by atoms with Crippen LogP contribution < -0.4 is 10.1 Å². The molecule has 15 heteroatoms. The molecule has 0 saturated carbocycles.